The van der Waals surface area contributed by atoms with Crippen LogP contribution in [0.4, 0.5) is 0 Å². The molecule has 0 bridgehead atoms. The molecule has 1 N–H and O–H groups in total. The van der Waals surface area contributed by atoms with E-state index < -0.39 is 0 Å². The Bertz CT molecular complexity index is 438. The fraction of sp³-hybridized carbons (Fsp3) is 0.583. The first kappa shape index (κ1) is 13.4. The molecule has 0 atom stereocenters. The molecule has 1 rings (SSSR count). The smallest absolute Gasteiger partial charge is 0.271 e. The molecule has 1 aromatic heterocycles. The average Bonchev–Trinajstić information content (AvgIpc) is 2.29. The van der Waals surface area contributed by atoms with Gasteiger partial charge in [0.2, 0.25) is 0 Å². The van der Waals surface area contributed by atoms with Crippen molar-refractivity contribution in [3.63, 3.8) is 0 Å². The van der Waals surface area contributed by atoms with Gasteiger partial charge in [-0.2, -0.15) is 5.10 Å². The highest BCUT2D eigenvalue weighted by molar-refractivity contribution is 5.91. The van der Waals surface area contributed by atoms with Crippen LogP contribution in [0, 0.1) is 0 Å². The number of carbonyl (C=O) groups is 1. The minimum atomic E-state index is -0.229. The number of hydrogen-bond donors (Lipinski definition) is 1. The van der Waals surface area contributed by atoms with Crippen molar-refractivity contribution in [2.24, 2.45) is 0 Å². The Morgan fingerprint density at radius 2 is 2.18 bits per heavy atom. The zero-order valence-corrected chi connectivity index (χ0v) is 10.6. The molecule has 0 saturated carbocycles. The SMILES string of the molecule is CCCCNC(=O)c1ccc(=O)n(C(C)C)n1. The second-order valence-electron chi connectivity index (χ2n) is 4.20. The summed E-state index contributed by atoms with van der Waals surface area (Å²) in [5, 5.41) is 6.81. The van der Waals surface area contributed by atoms with Crippen molar-refractivity contribution in [1.29, 1.82) is 0 Å². The summed E-state index contributed by atoms with van der Waals surface area (Å²) in [7, 11) is 0. The largest absolute Gasteiger partial charge is 0.351 e. The molecular formula is C12H19N3O2. The van der Waals surface area contributed by atoms with E-state index in [2.05, 4.69) is 17.3 Å². The summed E-state index contributed by atoms with van der Waals surface area (Å²) in [6, 6.07) is 2.79. The van der Waals surface area contributed by atoms with E-state index in [1.165, 1.54) is 16.8 Å². The van der Waals surface area contributed by atoms with Crippen molar-refractivity contribution < 1.29 is 4.79 Å². The number of aromatic nitrogens is 2. The fourth-order valence-corrected chi connectivity index (χ4v) is 1.39. The van der Waals surface area contributed by atoms with Crippen molar-refractivity contribution in [2.45, 2.75) is 39.7 Å². The predicted octanol–water partition coefficient (Wildman–Crippen LogP) is 1.35. The lowest BCUT2D eigenvalue weighted by molar-refractivity contribution is 0.0945. The maximum atomic E-state index is 11.7. The molecule has 0 aliphatic heterocycles. The minimum Gasteiger partial charge on any atom is -0.351 e. The lowest BCUT2D eigenvalue weighted by Crippen LogP contribution is -2.30. The van der Waals surface area contributed by atoms with Crippen molar-refractivity contribution in [3.8, 4) is 0 Å². The molecule has 1 heterocycles. The molecule has 0 aliphatic rings. The summed E-state index contributed by atoms with van der Waals surface area (Å²) in [5.74, 6) is -0.229. The summed E-state index contributed by atoms with van der Waals surface area (Å²) in [4.78, 5) is 23.2. The Morgan fingerprint density at radius 3 is 2.76 bits per heavy atom. The second kappa shape index (κ2) is 6.18. The molecule has 17 heavy (non-hydrogen) atoms. The first-order valence-corrected chi connectivity index (χ1v) is 5.94. The highest BCUT2D eigenvalue weighted by atomic mass is 16.2. The summed E-state index contributed by atoms with van der Waals surface area (Å²) in [6.07, 6.45) is 1.97. The Labute approximate surface area is 101 Å². The Hall–Kier alpha value is -1.65. The number of rotatable bonds is 5. The molecule has 0 saturated heterocycles. The highest BCUT2D eigenvalue weighted by Crippen LogP contribution is 1.98. The Balaban J connectivity index is 2.81. The van der Waals surface area contributed by atoms with Gasteiger partial charge in [-0.15, -0.1) is 0 Å². The number of amides is 1. The molecule has 0 spiro atoms. The van der Waals surface area contributed by atoms with Crippen LogP contribution in [0.1, 0.15) is 50.1 Å². The minimum absolute atomic E-state index is 0.0501. The van der Waals surface area contributed by atoms with Gasteiger partial charge in [0.15, 0.2) is 0 Å². The van der Waals surface area contributed by atoms with Crippen LogP contribution in [0.25, 0.3) is 0 Å². The summed E-state index contributed by atoms with van der Waals surface area (Å²) in [5.41, 5.74) is 0.0968. The van der Waals surface area contributed by atoms with E-state index >= 15 is 0 Å². The molecule has 5 heteroatoms. The molecule has 0 radical (unpaired) electrons. The van der Waals surface area contributed by atoms with Crippen LogP contribution >= 0.6 is 0 Å². The lowest BCUT2D eigenvalue weighted by atomic mass is 10.3. The Morgan fingerprint density at radius 1 is 1.47 bits per heavy atom. The van der Waals surface area contributed by atoms with Gasteiger partial charge in [0.05, 0.1) is 6.04 Å². The molecule has 0 aromatic carbocycles. The number of nitrogens with zero attached hydrogens (tertiary/aromatic N) is 2. The van der Waals surface area contributed by atoms with E-state index in [1.807, 2.05) is 13.8 Å². The topological polar surface area (TPSA) is 64.0 Å². The molecule has 0 unspecified atom stereocenters. The van der Waals surface area contributed by atoms with Gasteiger partial charge in [-0.3, -0.25) is 9.59 Å². The number of hydrogen-bond acceptors (Lipinski definition) is 3. The van der Waals surface area contributed by atoms with Crippen LogP contribution in [0.5, 0.6) is 0 Å². The zero-order valence-electron chi connectivity index (χ0n) is 10.6. The van der Waals surface area contributed by atoms with Gasteiger partial charge in [0.25, 0.3) is 11.5 Å². The molecule has 94 valence electrons. The van der Waals surface area contributed by atoms with Crippen molar-refractivity contribution in [3.05, 3.63) is 28.2 Å². The second-order valence-corrected chi connectivity index (χ2v) is 4.20. The van der Waals surface area contributed by atoms with Crippen LogP contribution in [0.15, 0.2) is 16.9 Å². The van der Waals surface area contributed by atoms with Crippen LogP contribution in [-0.2, 0) is 0 Å². The van der Waals surface area contributed by atoms with Crippen molar-refractivity contribution in [2.75, 3.05) is 6.54 Å². The summed E-state index contributed by atoms with van der Waals surface area (Å²) < 4.78 is 1.31. The standard InChI is InChI=1S/C12H19N3O2/c1-4-5-8-13-12(17)10-6-7-11(16)15(14-10)9(2)3/h6-7,9H,4-5,8H2,1-3H3,(H,13,17). The first-order valence-electron chi connectivity index (χ1n) is 5.94. The van der Waals surface area contributed by atoms with Crippen LogP contribution in [0.3, 0.4) is 0 Å². The van der Waals surface area contributed by atoms with E-state index in [-0.39, 0.29) is 23.2 Å². The van der Waals surface area contributed by atoms with E-state index in [0.29, 0.717) is 6.54 Å². The molecule has 0 fully saturated rings. The Kier molecular flexibility index (Phi) is 4.87. The number of nitrogens with one attached hydrogen (secondary N) is 1. The zero-order chi connectivity index (χ0) is 12.8. The van der Waals surface area contributed by atoms with Gasteiger partial charge in [-0.05, 0) is 26.3 Å². The van der Waals surface area contributed by atoms with E-state index in [0.717, 1.165) is 12.8 Å². The highest BCUT2D eigenvalue weighted by Gasteiger charge is 2.10. The van der Waals surface area contributed by atoms with Crippen LogP contribution < -0.4 is 10.9 Å². The maximum absolute atomic E-state index is 11.7. The van der Waals surface area contributed by atoms with Gasteiger partial charge in [-0.25, -0.2) is 4.68 Å². The van der Waals surface area contributed by atoms with E-state index in [9.17, 15) is 9.59 Å². The normalized spacial score (nSPS) is 10.6. The fourth-order valence-electron chi connectivity index (χ4n) is 1.39. The van der Waals surface area contributed by atoms with Crippen molar-refractivity contribution in [1.82, 2.24) is 15.1 Å². The molecule has 1 aromatic rings. The summed E-state index contributed by atoms with van der Waals surface area (Å²) >= 11 is 0. The molecule has 0 aliphatic carbocycles. The predicted molar refractivity (Wildman–Crippen MR) is 66.1 cm³/mol. The summed E-state index contributed by atoms with van der Waals surface area (Å²) in [6.45, 7) is 6.40. The van der Waals surface area contributed by atoms with Crippen LogP contribution in [-0.4, -0.2) is 22.2 Å². The van der Waals surface area contributed by atoms with Gasteiger partial charge < -0.3 is 5.32 Å². The molecular weight excluding hydrogens is 218 g/mol. The molecule has 1 amide bonds. The third kappa shape index (κ3) is 3.69. The molecule has 5 nitrogen and oxygen atoms in total. The average molecular weight is 237 g/mol. The van der Waals surface area contributed by atoms with Crippen molar-refractivity contribution >= 4 is 5.91 Å². The quantitative estimate of drug-likeness (QED) is 0.786. The van der Waals surface area contributed by atoms with E-state index in [4.69, 9.17) is 0 Å². The van der Waals surface area contributed by atoms with Crippen LogP contribution in [0.2, 0.25) is 0 Å². The van der Waals surface area contributed by atoms with Gasteiger partial charge in [0, 0.05) is 12.6 Å². The number of carbonyl (C=O) groups excluding carboxylic acids is 1. The number of unbranched alkanes of at least 4 members (excludes halogenated alkanes) is 1. The third-order valence-corrected chi connectivity index (χ3v) is 2.36. The van der Waals surface area contributed by atoms with Gasteiger partial charge in [-0.1, -0.05) is 13.3 Å². The van der Waals surface area contributed by atoms with E-state index in [1.54, 1.807) is 0 Å². The third-order valence-electron chi connectivity index (χ3n) is 2.36. The monoisotopic (exact) mass is 237 g/mol. The van der Waals surface area contributed by atoms with Gasteiger partial charge in [0.1, 0.15) is 5.69 Å². The van der Waals surface area contributed by atoms with Gasteiger partial charge >= 0.3 is 0 Å². The maximum Gasteiger partial charge on any atom is 0.271 e. The lowest BCUT2D eigenvalue weighted by Gasteiger charge is -2.09. The first-order chi connectivity index (χ1) is 8.06.